The van der Waals surface area contributed by atoms with Crippen molar-refractivity contribution in [2.75, 3.05) is 18.9 Å². The smallest absolute Gasteiger partial charge is 0.182 e. The maximum Gasteiger partial charge on any atom is 0.182 e. The molecule has 0 amide bonds. The molecule has 3 aromatic rings. The third-order valence-electron chi connectivity index (χ3n) is 4.71. The number of hydrogen-bond acceptors (Lipinski definition) is 6. The predicted molar refractivity (Wildman–Crippen MR) is 101 cm³/mol. The minimum atomic E-state index is 0.206. The van der Waals surface area contributed by atoms with Crippen LogP contribution in [0.15, 0.2) is 30.6 Å². The molecule has 1 fully saturated rings. The van der Waals surface area contributed by atoms with Crippen LogP contribution in [0.25, 0.3) is 10.9 Å². The van der Waals surface area contributed by atoms with E-state index in [2.05, 4.69) is 27.2 Å². The minimum Gasteiger partial charge on any atom is -0.488 e. The Morgan fingerprint density at radius 3 is 3.08 bits per heavy atom. The van der Waals surface area contributed by atoms with Crippen LogP contribution in [0.3, 0.4) is 0 Å². The van der Waals surface area contributed by atoms with Gasteiger partial charge < -0.3 is 10.1 Å². The van der Waals surface area contributed by atoms with E-state index >= 15 is 0 Å². The molecule has 2 aromatic heterocycles. The van der Waals surface area contributed by atoms with Crippen molar-refractivity contribution in [2.45, 2.75) is 32.0 Å². The molecule has 3 heterocycles. The van der Waals surface area contributed by atoms with Crippen LogP contribution < -0.4 is 10.1 Å². The Hall–Kier alpha value is -2.12. The van der Waals surface area contributed by atoms with E-state index < -0.39 is 0 Å². The average molecular weight is 357 g/mol. The summed E-state index contributed by atoms with van der Waals surface area (Å²) in [6.07, 6.45) is 5.23. The van der Waals surface area contributed by atoms with Crippen LogP contribution in [0.5, 0.6) is 5.75 Å². The second-order valence-electron chi connectivity index (χ2n) is 6.63. The molecule has 4 rings (SSSR count). The molecular weight excluding hydrogens is 334 g/mol. The molecule has 132 valence electrons. The SMILES string of the molecule is CNc1ncc(CN2CC(Oc3cccc4nn(C)cc34)CC2C)s1. The van der Waals surface area contributed by atoms with Gasteiger partial charge in [-0.3, -0.25) is 9.58 Å². The molecule has 0 saturated carbocycles. The number of hydrogen-bond donors (Lipinski definition) is 1. The summed E-state index contributed by atoms with van der Waals surface area (Å²) in [6.45, 7) is 4.14. The van der Waals surface area contributed by atoms with E-state index in [-0.39, 0.29) is 6.10 Å². The minimum absolute atomic E-state index is 0.206. The van der Waals surface area contributed by atoms with Crippen LogP contribution in [0.1, 0.15) is 18.2 Å². The summed E-state index contributed by atoms with van der Waals surface area (Å²) < 4.78 is 8.18. The maximum absolute atomic E-state index is 6.35. The largest absolute Gasteiger partial charge is 0.488 e. The molecule has 0 bridgehead atoms. The van der Waals surface area contributed by atoms with Gasteiger partial charge in [-0.25, -0.2) is 4.98 Å². The van der Waals surface area contributed by atoms with Crippen LogP contribution >= 0.6 is 11.3 Å². The number of aromatic nitrogens is 3. The van der Waals surface area contributed by atoms with Crippen molar-refractivity contribution in [1.29, 1.82) is 0 Å². The summed E-state index contributed by atoms with van der Waals surface area (Å²) in [4.78, 5) is 8.12. The van der Waals surface area contributed by atoms with Gasteiger partial charge in [0.05, 0.1) is 10.9 Å². The second-order valence-corrected chi connectivity index (χ2v) is 7.74. The summed E-state index contributed by atoms with van der Waals surface area (Å²) >= 11 is 1.72. The number of nitrogens with zero attached hydrogens (tertiary/aromatic N) is 4. The third kappa shape index (κ3) is 3.34. The van der Waals surface area contributed by atoms with Crippen LogP contribution in [0, 0.1) is 0 Å². The van der Waals surface area contributed by atoms with Crippen molar-refractivity contribution < 1.29 is 4.74 Å². The normalized spacial score (nSPS) is 21.1. The van der Waals surface area contributed by atoms with Crippen molar-refractivity contribution in [3.8, 4) is 5.75 Å². The maximum atomic E-state index is 6.35. The van der Waals surface area contributed by atoms with Crippen LogP contribution in [-0.4, -0.2) is 45.4 Å². The summed E-state index contributed by atoms with van der Waals surface area (Å²) in [5, 5.41) is 9.61. The molecule has 0 aliphatic carbocycles. The lowest BCUT2D eigenvalue weighted by atomic mass is 10.2. The molecule has 1 saturated heterocycles. The number of thiazole rings is 1. The van der Waals surface area contributed by atoms with Crippen LogP contribution in [-0.2, 0) is 13.6 Å². The number of anilines is 1. The van der Waals surface area contributed by atoms with Crippen LogP contribution in [0.2, 0.25) is 0 Å². The highest BCUT2D eigenvalue weighted by Gasteiger charge is 2.31. The molecule has 1 aromatic carbocycles. The van der Waals surface area contributed by atoms with Crippen molar-refractivity contribution in [3.05, 3.63) is 35.5 Å². The van der Waals surface area contributed by atoms with Gasteiger partial charge in [-0.1, -0.05) is 6.07 Å². The molecule has 25 heavy (non-hydrogen) atoms. The van der Waals surface area contributed by atoms with Gasteiger partial charge in [0, 0.05) is 56.9 Å². The van der Waals surface area contributed by atoms with Gasteiger partial charge in [-0.15, -0.1) is 11.3 Å². The van der Waals surface area contributed by atoms with Gasteiger partial charge in [0.25, 0.3) is 0 Å². The summed E-state index contributed by atoms with van der Waals surface area (Å²) in [5.41, 5.74) is 0.979. The fourth-order valence-electron chi connectivity index (χ4n) is 3.47. The number of aryl methyl sites for hydroxylation is 1. The quantitative estimate of drug-likeness (QED) is 0.760. The molecule has 2 atom stereocenters. The fraction of sp³-hybridized carbons (Fsp3) is 0.444. The number of nitrogens with one attached hydrogen (secondary N) is 1. The highest BCUT2D eigenvalue weighted by molar-refractivity contribution is 7.15. The first-order valence-corrected chi connectivity index (χ1v) is 9.39. The first-order valence-electron chi connectivity index (χ1n) is 8.58. The Morgan fingerprint density at radius 2 is 2.28 bits per heavy atom. The number of rotatable bonds is 5. The summed E-state index contributed by atoms with van der Waals surface area (Å²) in [7, 11) is 3.85. The van der Waals surface area contributed by atoms with Crippen molar-refractivity contribution >= 4 is 27.4 Å². The molecule has 0 radical (unpaired) electrons. The van der Waals surface area contributed by atoms with E-state index in [1.165, 1.54) is 4.88 Å². The topological polar surface area (TPSA) is 55.2 Å². The number of benzene rings is 1. The average Bonchev–Trinajstić information content (AvgIpc) is 3.27. The lowest BCUT2D eigenvalue weighted by molar-refractivity contribution is 0.197. The third-order valence-corrected chi connectivity index (χ3v) is 5.71. The van der Waals surface area contributed by atoms with E-state index in [1.807, 2.05) is 49.4 Å². The van der Waals surface area contributed by atoms with Crippen molar-refractivity contribution in [1.82, 2.24) is 19.7 Å². The first kappa shape index (κ1) is 16.4. The zero-order valence-electron chi connectivity index (χ0n) is 14.8. The molecule has 7 heteroatoms. The van der Waals surface area contributed by atoms with Gasteiger partial charge in [-0.05, 0) is 19.1 Å². The zero-order valence-corrected chi connectivity index (χ0v) is 15.6. The zero-order chi connectivity index (χ0) is 17.4. The Bertz CT molecular complexity index is 873. The molecule has 6 nitrogen and oxygen atoms in total. The number of likely N-dealkylation sites (tertiary alicyclic amines) is 1. The van der Waals surface area contributed by atoms with Crippen molar-refractivity contribution in [3.63, 3.8) is 0 Å². The van der Waals surface area contributed by atoms with E-state index in [4.69, 9.17) is 4.74 Å². The monoisotopic (exact) mass is 357 g/mol. The van der Waals surface area contributed by atoms with E-state index in [0.717, 1.165) is 41.3 Å². The Balaban J connectivity index is 1.45. The van der Waals surface area contributed by atoms with E-state index in [0.29, 0.717) is 6.04 Å². The van der Waals surface area contributed by atoms with Crippen LogP contribution in [0.4, 0.5) is 5.13 Å². The number of fused-ring (bicyclic) bond motifs is 1. The fourth-order valence-corrected chi connectivity index (χ4v) is 4.26. The predicted octanol–water partition coefficient (Wildman–Crippen LogP) is 3.11. The highest BCUT2D eigenvalue weighted by Crippen LogP contribution is 2.30. The lowest BCUT2D eigenvalue weighted by Gasteiger charge is -2.19. The summed E-state index contributed by atoms with van der Waals surface area (Å²) in [5.74, 6) is 0.930. The first-order chi connectivity index (χ1) is 12.1. The highest BCUT2D eigenvalue weighted by atomic mass is 32.1. The lowest BCUT2D eigenvalue weighted by Crippen LogP contribution is -2.27. The Morgan fingerprint density at radius 1 is 1.40 bits per heavy atom. The second kappa shape index (κ2) is 6.65. The van der Waals surface area contributed by atoms with E-state index in [1.54, 1.807) is 11.3 Å². The molecule has 0 spiro atoms. The van der Waals surface area contributed by atoms with Gasteiger partial charge in [0.2, 0.25) is 0 Å². The Kier molecular flexibility index (Phi) is 4.35. The molecule has 2 unspecified atom stereocenters. The van der Waals surface area contributed by atoms with Gasteiger partial charge in [0.15, 0.2) is 5.13 Å². The Labute approximate surface area is 151 Å². The van der Waals surface area contributed by atoms with Gasteiger partial charge >= 0.3 is 0 Å². The number of ether oxygens (including phenoxy) is 1. The molecule has 1 aliphatic rings. The standard InChI is InChI=1S/C18H23N5OS/c1-12-7-13(9-23(12)10-14-8-20-18(19-2)25-14)24-17-6-4-5-16-15(17)11-22(3)21-16/h4-6,8,11-13H,7,9-10H2,1-3H3,(H,19,20). The van der Waals surface area contributed by atoms with E-state index in [9.17, 15) is 0 Å². The van der Waals surface area contributed by atoms with Gasteiger partial charge in [0.1, 0.15) is 11.9 Å². The molecule has 1 N–H and O–H groups in total. The summed E-state index contributed by atoms with van der Waals surface area (Å²) in [6, 6.07) is 6.57. The molecule has 1 aliphatic heterocycles. The van der Waals surface area contributed by atoms with Gasteiger partial charge in [-0.2, -0.15) is 5.10 Å². The molecular formula is C18H23N5OS. The van der Waals surface area contributed by atoms with Crippen molar-refractivity contribution in [2.24, 2.45) is 7.05 Å².